The second-order valence-electron chi connectivity index (χ2n) is 15.0. The molecule has 0 aromatic heterocycles. The number of allylic oxidation sites excluding steroid dienone is 8. The molecule has 0 aromatic rings. The molecule has 1 spiro atoms. The topological polar surface area (TPSA) is 21.7 Å². The van der Waals surface area contributed by atoms with Crippen molar-refractivity contribution in [1.82, 2.24) is 4.90 Å². The number of ether oxygens (including phenoxy) is 2. The molecule has 1 aliphatic heterocycles. The van der Waals surface area contributed by atoms with E-state index in [0.29, 0.717) is 18.2 Å². The van der Waals surface area contributed by atoms with Gasteiger partial charge in [0.2, 0.25) is 0 Å². The molecule has 2 aliphatic rings. The van der Waals surface area contributed by atoms with Crippen molar-refractivity contribution < 1.29 is 9.47 Å². The lowest BCUT2D eigenvalue weighted by molar-refractivity contribution is -0.200. The van der Waals surface area contributed by atoms with Gasteiger partial charge >= 0.3 is 0 Å². The van der Waals surface area contributed by atoms with Gasteiger partial charge in [-0.05, 0) is 104 Å². The van der Waals surface area contributed by atoms with E-state index in [-0.39, 0.29) is 5.79 Å². The minimum absolute atomic E-state index is 0.296. The van der Waals surface area contributed by atoms with Crippen LogP contribution in [0, 0.1) is 0 Å². The Labute approximate surface area is 294 Å². The van der Waals surface area contributed by atoms with E-state index < -0.39 is 0 Å². The van der Waals surface area contributed by atoms with Crippen molar-refractivity contribution >= 4 is 0 Å². The summed E-state index contributed by atoms with van der Waals surface area (Å²) in [6.07, 6.45) is 54.8. The van der Waals surface area contributed by atoms with Gasteiger partial charge in [0.1, 0.15) is 0 Å². The SMILES string of the molecule is CCCCCC=CCC=CCCCCCCCC1OC2(CCC(N(C)C)CC2)OC1CCCCCCCC=CCC=CCCCCC. The van der Waals surface area contributed by atoms with E-state index in [4.69, 9.17) is 9.47 Å². The number of hydrogen-bond acceptors (Lipinski definition) is 3. The summed E-state index contributed by atoms with van der Waals surface area (Å²) in [6, 6.07) is 0.675. The van der Waals surface area contributed by atoms with Crippen LogP contribution in [-0.2, 0) is 9.47 Å². The highest BCUT2D eigenvalue weighted by Gasteiger charge is 2.48. The predicted molar refractivity (Wildman–Crippen MR) is 207 cm³/mol. The van der Waals surface area contributed by atoms with E-state index in [1.165, 1.54) is 154 Å². The van der Waals surface area contributed by atoms with Gasteiger partial charge in [0.25, 0.3) is 0 Å². The monoisotopic (exact) mass is 654 g/mol. The van der Waals surface area contributed by atoms with Crippen molar-refractivity contribution in [3.63, 3.8) is 0 Å². The molecule has 2 atom stereocenters. The zero-order valence-corrected chi connectivity index (χ0v) is 31.9. The van der Waals surface area contributed by atoms with Crippen LogP contribution >= 0.6 is 0 Å². The minimum atomic E-state index is -0.296. The highest BCUT2D eigenvalue weighted by Crippen LogP contribution is 2.43. The van der Waals surface area contributed by atoms with E-state index in [2.05, 4.69) is 81.5 Å². The lowest BCUT2D eigenvalue weighted by atomic mass is 9.89. The molecule has 0 aromatic carbocycles. The average molecular weight is 654 g/mol. The van der Waals surface area contributed by atoms with Crippen molar-refractivity contribution in [3.05, 3.63) is 48.6 Å². The fraction of sp³-hybridized carbons (Fsp3) is 0.818. The highest BCUT2D eigenvalue weighted by molar-refractivity contribution is 4.94. The summed E-state index contributed by atoms with van der Waals surface area (Å²) in [7, 11) is 4.44. The summed E-state index contributed by atoms with van der Waals surface area (Å²) in [4.78, 5) is 2.39. The molecule has 0 amide bonds. The van der Waals surface area contributed by atoms with Gasteiger partial charge in [-0.2, -0.15) is 0 Å². The smallest absolute Gasteiger partial charge is 0.169 e. The van der Waals surface area contributed by atoms with Crippen LogP contribution in [0.25, 0.3) is 0 Å². The Morgan fingerprint density at radius 2 is 0.851 bits per heavy atom. The number of unbranched alkanes of at least 4 members (excludes halogenated alkanes) is 16. The Kier molecular flexibility index (Phi) is 25.6. The molecule has 2 fully saturated rings. The molecular weight excluding hydrogens is 574 g/mol. The van der Waals surface area contributed by atoms with Gasteiger partial charge in [0.15, 0.2) is 5.79 Å². The van der Waals surface area contributed by atoms with E-state index in [0.717, 1.165) is 25.7 Å². The quantitative estimate of drug-likeness (QED) is 0.0592. The number of hydrogen-bond donors (Lipinski definition) is 0. The minimum Gasteiger partial charge on any atom is -0.344 e. The average Bonchev–Trinajstić information content (AvgIpc) is 3.40. The molecule has 1 saturated heterocycles. The van der Waals surface area contributed by atoms with Crippen molar-refractivity contribution in [2.75, 3.05) is 14.1 Å². The molecular formula is C44H79NO2. The van der Waals surface area contributed by atoms with Crippen LogP contribution in [0.15, 0.2) is 48.6 Å². The molecule has 47 heavy (non-hydrogen) atoms. The Morgan fingerprint density at radius 3 is 1.23 bits per heavy atom. The first-order valence-electron chi connectivity index (χ1n) is 20.7. The van der Waals surface area contributed by atoms with E-state index in [9.17, 15) is 0 Å². The van der Waals surface area contributed by atoms with Crippen LogP contribution in [0.4, 0.5) is 0 Å². The lowest BCUT2D eigenvalue weighted by Crippen LogP contribution is -2.42. The van der Waals surface area contributed by atoms with Gasteiger partial charge in [-0.3, -0.25) is 0 Å². The van der Waals surface area contributed by atoms with Crippen molar-refractivity contribution in [1.29, 1.82) is 0 Å². The maximum absolute atomic E-state index is 6.86. The Bertz CT molecular complexity index is 763. The third-order valence-electron chi connectivity index (χ3n) is 10.5. The summed E-state index contributed by atoms with van der Waals surface area (Å²) >= 11 is 0. The Morgan fingerprint density at radius 1 is 0.489 bits per heavy atom. The number of rotatable bonds is 29. The normalized spacial score (nSPS) is 23.7. The molecule has 3 heteroatoms. The van der Waals surface area contributed by atoms with Crippen LogP contribution in [0.5, 0.6) is 0 Å². The van der Waals surface area contributed by atoms with E-state index in [1.807, 2.05) is 0 Å². The summed E-state index contributed by atoms with van der Waals surface area (Å²) in [6.45, 7) is 4.54. The zero-order chi connectivity index (χ0) is 33.7. The van der Waals surface area contributed by atoms with Gasteiger partial charge in [-0.1, -0.05) is 140 Å². The molecule has 272 valence electrons. The molecule has 1 heterocycles. The lowest BCUT2D eigenvalue weighted by Gasteiger charge is -2.38. The van der Waals surface area contributed by atoms with Crippen LogP contribution < -0.4 is 0 Å². The summed E-state index contributed by atoms with van der Waals surface area (Å²) in [5.41, 5.74) is 0. The second kappa shape index (κ2) is 28.7. The van der Waals surface area contributed by atoms with Crippen LogP contribution in [0.1, 0.15) is 194 Å². The van der Waals surface area contributed by atoms with Crippen LogP contribution in [-0.4, -0.2) is 43.0 Å². The van der Waals surface area contributed by atoms with Crippen LogP contribution in [0.2, 0.25) is 0 Å². The Balaban J connectivity index is 1.59. The third kappa shape index (κ3) is 20.8. The van der Waals surface area contributed by atoms with Gasteiger partial charge in [-0.25, -0.2) is 0 Å². The molecule has 2 unspecified atom stereocenters. The molecule has 1 saturated carbocycles. The first-order valence-corrected chi connectivity index (χ1v) is 20.7. The number of nitrogens with zero attached hydrogens (tertiary/aromatic N) is 1. The first-order chi connectivity index (χ1) is 23.1. The van der Waals surface area contributed by atoms with Gasteiger partial charge in [0.05, 0.1) is 12.2 Å². The fourth-order valence-electron chi connectivity index (χ4n) is 7.33. The maximum atomic E-state index is 6.86. The van der Waals surface area contributed by atoms with Crippen LogP contribution in [0.3, 0.4) is 0 Å². The maximum Gasteiger partial charge on any atom is 0.169 e. The standard InChI is InChI=1S/C44H79NO2/c1-5-7-9-11-13-15-17-19-21-23-25-27-29-31-33-35-42-43(47-44(46-42)39-37-41(38-40-44)45(3)4)36-34-32-30-28-26-24-22-20-18-16-14-12-10-8-6-2/h13-16,19-22,41-43H,5-12,17-18,23-40H2,1-4H3. The van der Waals surface area contributed by atoms with Crippen molar-refractivity contribution in [2.24, 2.45) is 0 Å². The van der Waals surface area contributed by atoms with Gasteiger partial charge < -0.3 is 14.4 Å². The van der Waals surface area contributed by atoms with Gasteiger partial charge in [-0.15, -0.1) is 0 Å². The molecule has 2 rings (SSSR count). The zero-order valence-electron chi connectivity index (χ0n) is 31.9. The van der Waals surface area contributed by atoms with E-state index in [1.54, 1.807) is 0 Å². The van der Waals surface area contributed by atoms with E-state index >= 15 is 0 Å². The van der Waals surface area contributed by atoms with Crippen molar-refractivity contribution in [3.8, 4) is 0 Å². The fourth-order valence-corrected chi connectivity index (χ4v) is 7.33. The summed E-state index contributed by atoms with van der Waals surface area (Å²) in [5, 5.41) is 0. The highest BCUT2D eigenvalue weighted by atomic mass is 16.8. The van der Waals surface area contributed by atoms with Gasteiger partial charge in [0, 0.05) is 18.9 Å². The largest absolute Gasteiger partial charge is 0.344 e. The molecule has 0 bridgehead atoms. The molecule has 3 nitrogen and oxygen atoms in total. The molecule has 0 N–H and O–H groups in total. The van der Waals surface area contributed by atoms with Crippen molar-refractivity contribution in [2.45, 2.75) is 218 Å². The third-order valence-corrected chi connectivity index (χ3v) is 10.5. The summed E-state index contributed by atoms with van der Waals surface area (Å²) < 4.78 is 13.7. The summed E-state index contributed by atoms with van der Waals surface area (Å²) in [5.74, 6) is -0.296. The molecule has 0 radical (unpaired) electrons. The predicted octanol–water partition coefficient (Wildman–Crippen LogP) is 13.6. The molecule has 1 aliphatic carbocycles. The second-order valence-corrected chi connectivity index (χ2v) is 15.0. The Hall–Kier alpha value is -1.16. The first kappa shape index (κ1) is 42.0.